The van der Waals surface area contributed by atoms with Crippen molar-refractivity contribution in [2.45, 2.75) is 19.9 Å². The van der Waals surface area contributed by atoms with Crippen LogP contribution in [-0.4, -0.2) is 40.6 Å². The van der Waals surface area contributed by atoms with E-state index in [1.165, 1.54) is 11.1 Å². The Morgan fingerprint density at radius 1 is 1.29 bits per heavy atom. The van der Waals surface area contributed by atoms with Crippen molar-refractivity contribution in [1.82, 2.24) is 20.2 Å². The number of benzene rings is 1. The number of rotatable bonds is 5. The number of pyridine rings is 1. The minimum absolute atomic E-state index is 0.0535. The first kappa shape index (κ1) is 18.1. The van der Waals surface area contributed by atoms with Gasteiger partial charge in [-0.25, -0.2) is 9.78 Å². The van der Waals surface area contributed by atoms with Crippen LogP contribution < -0.4 is 10.1 Å². The van der Waals surface area contributed by atoms with Crippen LogP contribution >= 0.6 is 0 Å². The SMILES string of the molecule is CCOc1ccccc1CNC(=O)N1CC=C(c2c[nH]c3ncccc23)CC1. The van der Waals surface area contributed by atoms with E-state index in [1.54, 1.807) is 6.20 Å². The topological polar surface area (TPSA) is 70.2 Å². The molecule has 0 unspecified atom stereocenters. The fourth-order valence-electron chi connectivity index (χ4n) is 3.55. The summed E-state index contributed by atoms with van der Waals surface area (Å²) in [6.45, 7) is 4.31. The molecule has 0 saturated heterocycles. The van der Waals surface area contributed by atoms with Gasteiger partial charge in [-0.2, -0.15) is 0 Å². The first-order valence-electron chi connectivity index (χ1n) is 9.61. The van der Waals surface area contributed by atoms with Crippen molar-refractivity contribution in [3.8, 4) is 5.75 Å². The molecule has 0 saturated carbocycles. The van der Waals surface area contributed by atoms with Crippen LogP contribution in [0.25, 0.3) is 16.6 Å². The van der Waals surface area contributed by atoms with Crippen molar-refractivity contribution in [3.05, 3.63) is 66.0 Å². The molecule has 28 heavy (non-hydrogen) atoms. The van der Waals surface area contributed by atoms with Gasteiger partial charge < -0.3 is 19.9 Å². The monoisotopic (exact) mass is 376 g/mol. The molecule has 0 radical (unpaired) electrons. The summed E-state index contributed by atoms with van der Waals surface area (Å²) in [6.07, 6.45) is 6.75. The second kappa shape index (κ2) is 8.17. The van der Waals surface area contributed by atoms with Crippen molar-refractivity contribution in [2.24, 2.45) is 0 Å². The second-order valence-electron chi connectivity index (χ2n) is 6.73. The third-order valence-corrected chi connectivity index (χ3v) is 5.00. The predicted molar refractivity (Wildman–Crippen MR) is 110 cm³/mol. The van der Waals surface area contributed by atoms with Gasteiger partial charge in [0.1, 0.15) is 11.4 Å². The molecule has 1 aliphatic rings. The third-order valence-electron chi connectivity index (χ3n) is 5.00. The summed E-state index contributed by atoms with van der Waals surface area (Å²) in [6, 6.07) is 11.8. The van der Waals surface area contributed by atoms with E-state index in [4.69, 9.17) is 4.74 Å². The van der Waals surface area contributed by atoms with Gasteiger partial charge in [-0.15, -0.1) is 0 Å². The Bertz CT molecular complexity index is 1010. The van der Waals surface area contributed by atoms with E-state index in [9.17, 15) is 4.79 Å². The Balaban J connectivity index is 1.39. The maximum Gasteiger partial charge on any atom is 0.317 e. The van der Waals surface area contributed by atoms with Gasteiger partial charge in [0, 0.05) is 48.5 Å². The summed E-state index contributed by atoms with van der Waals surface area (Å²) >= 11 is 0. The van der Waals surface area contributed by atoms with Crippen LogP contribution in [0, 0.1) is 0 Å². The van der Waals surface area contributed by atoms with E-state index < -0.39 is 0 Å². The fourth-order valence-corrected chi connectivity index (χ4v) is 3.55. The summed E-state index contributed by atoms with van der Waals surface area (Å²) in [5, 5.41) is 4.13. The Kier molecular flexibility index (Phi) is 5.28. The average molecular weight is 376 g/mol. The van der Waals surface area contributed by atoms with Crippen LogP contribution in [0.5, 0.6) is 5.75 Å². The largest absolute Gasteiger partial charge is 0.494 e. The lowest BCUT2D eigenvalue weighted by atomic mass is 10.00. The maximum absolute atomic E-state index is 12.6. The highest BCUT2D eigenvalue weighted by Gasteiger charge is 2.19. The van der Waals surface area contributed by atoms with E-state index >= 15 is 0 Å². The number of aromatic nitrogens is 2. The maximum atomic E-state index is 12.6. The van der Waals surface area contributed by atoms with Crippen molar-refractivity contribution in [3.63, 3.8) is 0 Å². The first-order valence-corrected chi connectivity index (χ1v) is 9.61. The molecule has 6 nitrogen and oxygen atoms in total. The first-order chi connectivity index (χ1) is 13.8. The van der Waals surface area contributed by atoms with Crippen LogP contribution in [0.3, 0.4) is 0 Å². The number of nitrogens with one attached hydrogen (secondary N) is 2. The highest BCUT2D eigenvalue weighted by molar-refractivity contribution is 5.91. The van der Waals surface area contributed by atoms with Gasteiger partial charge in [0.05, 0.1) is 6.61 Å². The number of para-hydroxylation sites is 1. The van der Waals surface area contributed by atoms with E-state index in [1.807, 2.05) is 48.4 Å². The zero-order valence-electron chi connectivity index (χ0n) is 15.9. The molecule has 6 heteroatoms. The Morgan fingerprint density at radius 3 is 3.00 bits per heavy atom. The Morgan fingerprint density at radius 2 is 2.18 bits per heavy atom. The molecule has 4 rings (SSSR count). The summed E-state index contributed by atoms with van der Waals surface area (Å²) in [7, 11) is 0. The molecule has 144 valence electrons. The molecule has 0 fully saturated rings. The highest BCUT2D eigenvalue weighted by Crippen LogP contribution is 2.28. The van der Waals surface area contributed by atoms with Crippen molar-refractivity contribution < 1.29 is 9.53 Å². The number of aromatic amines is 1. The van der Waals surface area contributed by atoms with E-state index in [0.29, 0.717) is 26.2 Å². The number of nitrogens with zero attached hydrogens (tertiary/aromatic N) is 2. The number of H-pyrrole nitrogens is 1. The summed E-state index contributed by atoms with van der Waals surface area (Å²) in [5.74, 6) is 0.819. The lowest BCUT2D eigenvalue weighted by molar-refractivity contribution is 0.202. The molecule has 1 aliphatic heterocycles. The lowest BCUT2D eigenvalue weighted by Gasteiger charge is -2.27. The standard InChI is InChI=1S/C22H24N4O2/c1-2-28-20-8-4-3-6-17(20)14-25-22(27)26-12-9-16(10-13-26)19-15-24-21-18(19)7-5-11-23-21/h3-9,11,15H,2,10,12-14H2,1H3,(H,23,24)(H,25,27). The molecular weight excluding hydrogens is 352 g/mol. The van der Waals surface area contributed by atoms with Crippen LogP contribution in [0.4, 0.5) is 4.79 Å². The highest BCUT2D eigenvalue weighted by atomic mass is 16.5. The number of hydrogen-bond donors (Lipinski definition) is 2. The third kappa shape index (κ3) is 3.71. The van der Waals surface area contributed by atoms with Crippen LogP contribution in [0.15, 0.2) is 54.9 Å². The van der Waals surface area contributed by atoms with Crippen molar-refractivity contribution in [2.75, 3.05) is 19.7 Å². The number of amides is 2. The van der Waals surface area contributed by atoms with E-state index in [2.05, 4.69) is 27.4 Å². The van der Waals surface area contributed by atoms with Crippen LogP contribution in [0.2, 0.25) is 0 Å². The van der Waals surface area contributed by atoms with Crippen LogP contribution in [0.1, 0.15) is 24.5 Å². The summed E-state index contributed by atoms with van der Waals surface area (Å²) < 4.78 is 5.62. The molecule has 2 N–H and O–H groups in total. The average Bonchev–Trinajstić information content (AvgIpc) is 3.17. The van der Waals surface area contributed by atoms with Gasteiger partial charge in [0.15, 0.2) is 0 Å². The van der Waals surface area contributed by atoms with Gasteiger partial charge in [-0.3, -0.25) is 0 Å². The normalized spacial score (nSPS) is 14.0. The molecule has 0 spiro atoms. The quantitative estimate of drug-likeness (QED) is 0.708. The van der Waals surface area contributed by atoms with Gasteiger partial charge >= 0.3 is 6.03 Å². The number of carbonyl (C=O) groups is 1. The van der Waals surface area contributed by atoms with Gasteiger partial charge in [0.25, 0.3) is 0 Å². The van der Waals surface area contributed by atoms with Gasteiger partial charge in [0.2, 0.25) is 0 Å². The second-order valence-corrected chi connectivity index (χ2v) is 6.73. The van der Waals surface area contributed by atoms with E-state index in [-0.39, 0.29) is 6.03 Å². The Labute approximate surface area is 164 Å². The molecule has 1 aromatic carbocycles. The van der Waals surface area contributed by atoms with Crippen molar-refractivity contribution in [1.29, 1.82) is 0 Å². The Hall–Kier alpha value is -3.28. The lowest BCUT2D eigenvalue weighted by Crippen LogP contribution is -2.41. The summed E-state index contributed by atoms with van der Waals surface area (Å²) in [4.78, 5) is 22.0. The molecule has 2 amide bonds. The zero-order chi connectivity index (χ0) is 19.3. The number of ether oxygens (including phenoxy) is 1. The number of carbonyl (C=O) groups excluding carboxylic acids is 1. The minimum Gasteiger partial charge on any atom is -0.494 e. The molecule has 0 atom stereocenters. The fraction of sp³-hybridized carbons (Fsp3) is 0.273. The predicted octanol–water partition coefficient (Wildman–Crippen LogP) is 3.96. The minimum atomic E-state index is -0.0535. The zero-order valence-corrected chi connectivity index (χ0v) is 15.9. The molecule has 2 aromatic heterocycles. The smallest absolute Gasteiger partial charge is 0.317 e. The van der Waals surface area contributed by atoms with Gasteiger partial charge in [-0.05, 0) is 37.1 Å². The summed E-state index contributed by atoms with van der Waals surface area (Å²) in [5.41, 5.74) is 4.31. The van der Waals surface area contributed by atoms with E-state index in [0.717, 1.165) is 28.8 Å². The van der Waals surface area contributed by atoms with Gasteiger partial charge in [-0.1, -0.05) is 24.3 Å². The van der Waals surface area contributed by atoms with Crippen LogP contribution in [-0.2, 0) is 6.54 Å². The van der Waals surface area contributed by atoms with Crippen molar-refractivity contribution >= 4 is 22.6 Å². The molecule has 3 aromatic rings. The molecule has 0 bridgehead atoms. The molecule has 0 aliphatic carbocycles. The number of hydrogen-bond acceptors (Lipinski definition) is 3. The number of fused-ring (bicyclic) bond motifs is 1. The molecular formula is C22H24N4O2. The number of urea groups is 1. The molecule has 3 heterocycles.